The van der Waals surface area contributed by atoms with Crippen LogP contribution in [0.25, 0.3) is 17.0 Å². The predicted molar refractivity (Wildman–Crippen MR) is 107 cm³/mol. The average Bonchev–Trinajstić information content (AvgIpc) is 2.67. The van der Waals surface area contributed by atoms with E-state index in [-0.39, 0.29) is 5.91 Å². The van der Waals surface area contributed by atoms with Gasteiger partial charge in [0.15, 0.2) is 0 Å². The van der Waals surface area contributed by atoms with Gasteiger partial charge in [-0.2, -0.15) is 0 Å². The first-order valence-electron chi connectivity index (χ1n) is 8.37. The molecule has 3 aromatic rings. The SMILES string of the molecule is CCOC(=O)/C=C/c1ccc(NC(=O)c2cc(Cl)cc3cccnc23)cc1. The molecule has 1 heterocycles. The average molecular weight is 381 g/mol. The Balaban J connectivity index is 1.76. The highest BCUT2D eigenvalue weighted by Gasteiger charge is 2.13. The highest BCUT2D eigenvalue weighted by atomic mass is 35.5. The zero-order chi connectivity index (χ0) is 19.2. The number of nitrogens with zero attached hydrogens (tertiary/aromatic N) is 1. The lowest BCUT2D eigenvalue weighted by atomic mass is 10.1. The van der Waals surface area contributed by atoms with E-state index < -0.39 is 5.97 Å². The van der Waals surface area contributed by atoms with Gasteiger partial charge in [-0.3, -0.25) is 9.78 Å². The molecule has 0 spiro atoms. The largest absolute Gasteiger partial charge is 0.463 e. The number of pyridine rings is 1. The number of aromatic nitrogens is 1. The molecule has 3 rings (SSSR count). The van der Waals surface area contributed by atoms with Crippen LogP contribution in [0.1, 0.15) is 22.8 Å². The highest BCUT2D eigenvalue weighted by Crippen LogP contribution is 2.23. The fraction of sp³-hybridized carbons (Fsp3) is 0.0952. The molecule has 0 aliphatic heterocycles. The van der Waals surface area contributed by atoms with Gasteiger partial charge >= 0.3 is 5.97 Å². The molecule has 6 heteroatoms. The lowest BCUT2D eigenvalue weighted by Crippen LogP contribution is -2.12. The third-order valence-electron chi connectivity index (χ3n) is 3.78. The fourth-order valence-corrected chi connectivity index (χ4v) is 2.79. The molecule has 136 valence electrons. The van der Waals surface area contributed by atoms with Gasteiger partial charge in [-0.05, 0) is 48.9 Å². The van der Waals surface area contributed by atoms with E-state index in [4.69, 9.17) is 16.3 Å². The first-order valence-corrected chi connectivity index (χ1v) is 8.75. The van der Waals surface area contributed by atoms with Crippen molar-refractivity contribution in [3.63, 3.8) is 0 Å². The first kappa shape index (κ1) is 18.6. The number of anilines is 1. The molecular formula is C21H17ClN2O3. The number of hydrogen-bond acceptors (Lipinski definition) is 4. The summed E-state index contributed by atoms with van der Waals surface area (Å²) < 4.78 is 4.83. The molecule has 27 heavy (non-hydrogen) atoms. The van der Waals surface area contributed by atoms with Crippen molar-refractivity contribution in [3.05, 3.63) is 77.0 Å². The van der Waals surface area contributed by atoms with Crippen molar-refractivity contribution in [1.82, 2.24) is 4.98 Å². The van der Waals surface area contributed by atoms with Gasteiger partial charge in [-0.25, -0.2) is 4.79 Å². The van der Waals surface area contributed by atoms with Crippen LogP contribution in [-0.4, -0.2) is 23.5 Å². The van der Waals surface area contributed by atoms with Crippen molar-refractivity contribution < 1.29 is 14.3 Å². The Kier molecular flexibility index (Phi) is 5.84. The summed E-state index contributed by atoms with van der Waals surface area (Å²) in [6.07, 6.45) is 4.65. The molecule has 5 nitrogen and oxygen atoms in total. The Hall–Kier alpha value is -3.18. The summed E-state index contributed by atoms with van der Waals surface area (Å²) in [7, 11) is 0. The van der Waals surface area contributed by atoms with Gasteiger partial charge in [-0.1, -0.05) is 29.8 Å². The van der Waals surface area contributed by atoms with Crippen molar-refractivity contribution >= 4 is 46.1 Å². The Bertz CT molecular complexity index is 1010. The number of benzene rings is 2. The minimum atomic E-state index is -0.393. The second-order valence-corrected chi connectivity index (χ2v) is 6.13. The molecule has 0 fully saturated rings. The Morgan fingerprint density at radius 2 is 1.96 bits per heavy atom. The van der Waals surface area contributed by atoms with Crippen LogP contribution in [0.2, 0.25) is 5.02 Å². The van der Waals surface area contributed by atoms with Crippen molar-refractivity contribution in [3.8, 4) is 0 Å². The van der Waals surface area contributed by atoms with E-state index in [0.717, 1.165) is 10.9 Å². The Morgan fingerprint density at radius 1 is 1.19 bits per heavy atom. The molecular weight excluding hydrogens is 364 g/mol. The molecule has 0 saturated heterocycles. The second-order valence-electron chi connectivity index (χ2n) is 5.69. The van der Waals surface area contributed by atoms with Crippen LogP contribution in [0.3, 0.4) is 0 Å². The van der Waals surface area contributed by atoms with Crippen LogP contribution < -0.4 is 5.32 Å². The van der Waals surface area contributed by atoms with Crippen molar-refractivity contribution in [1.29, 1.82) is 0 Å². The van der Waals surface area contributed by atoms with Gasteiger partial charge in [0.05, 0.1) is 17.7 Å². The summed E-state index contributed by atoms with van der Waals surface area (Å²) in [6.45, 7) is 2.09. The van der Waals surface area contributed by atoms with Crippen LogP contribution in [0.4, 0.5) is 5.69 Å². The van der Waals surface area contributed by atoms with Gasteiger partial charge in [0.25, 0.3) is 5.91 Å². The van der Waals surface area contributed by atoms with Gasteiger partial charge < -0.3 is 10.1 Å². The quantitative estimate of drug-likeness (QED) is 0.513. The summed E-state index contributed by atoms with van der Waals surface area (Å²) in [6, 6.07) is 14.1. The van der Waals surface area contributed by atoms with E-state index in [9.17, 15) is 9.59 Å². The van der Waals surface area contributed by atoms with E-state index in [2.05, 4.69) is 10.3 Å². The normalized spacial score (nSPS) is 10.9. The number of nitrogens with one attached hydrogen (secondary N) is 1. The number of carbonyl (C=O) groups excluding carboxylic acids is 2. The minimum Gasteiger partial charge on any atom is -0.463 e. The maximum absolute atomic E-state index is 12.7. The Morgan fingerprint density at radius 3 is 2.70 bits per heavy atom. The molecule has 0 unspecified atom stereocenters. The number of rotatable bonds is 5. The molecule has 1 amide bonds. The second kappa shape index (κ2) is 8.47. The minimum absolute atomic E-state index is 0.295. The zero-order valence-electron chi connectivity index (χ0n) is 14.6. The highest BCUT2D eigenvalue weighted by molar-refractivity contribution is 6.32. The maximum Gasteiger partial charge on any atom is 0.330 e. The lowest BCUT2D eigenvalue weighted by molar-refractivity contribution is -0.137. The number of ether oxygens (including phenoxy) is 1. The molecule has 1 N–H and O–H groups in total. The standard InChI is InChI=1S/C21H17ClN2O3/c1-2-27-19(25)10-7-14-5-8-17(9-6-14)24-21(26)18-13-16(22)12-15-4-3-11-23-20(15)18/h3-13H,2H2,1H3,(H,24,26)/b10-7+. The number of fused-ring (bicyclic) bond motifs is 1. The topological polar surface area (TPSA) is 68.3 Å². The summed E-state index contributed by atoms with van der Waals surface area (Å²) in [5.74, 6) is -0.689. The molecule has 2 aromatic carbocycles. The van der Waals surface area contributed by atoms with Crippen LogP contribution in [0.15, 0.2) is 60.8 Å². The summed E-state index contributed by atoms with van der Waals surface area (Å²) in [5, 5.41) is 4.11. The molecule has 0 bridgehead atoms. The van der Waals surface area contributed by atoms with E-state index in [1.54, 1.807) is 61.7 Å². The van der Waals surface area contributed by atoms with Gasteiger partial charge in [0, 0.05) is 28.4 Å². The van der Waals surface area contributed by atoms with Crippen molar-refractivity contribution in [2.75, 3.05) is 11.9 Å². The van der Waals surface area contributed by atoms with E-state index in [1.807, 2.05) is 6.07 Å². The van der Waals surface area contributed by atoms with Crippen LogP contribution in [-0.2, 0) is 9.53 Å². The van der Waals surface area contributed by atoms with Crippen LogP contribution >= 0.6 is 11.6 Å². The van der Waals surface area contributed by atoms with E-state index in [1.165, 1.54) is 6.08 Å². The van der Waals surface area contributed by atoms with Gasteiger partial charge in [0.2, 0.25) is 0 Å². The Labute approximate surface area is 161 Å². The summed E-state index contributed by atoms with van der Waals surface area (Å²) in [5.41, 5.74) is 2.44. The number of halogens is 1. The van der Waals surface area contributed by atoms with Crippen molar-refractivity contribution in [2.45, 2.75) is 6.92 Å². The number of carbonyl (C=O) groups is 2. The van der Waals surface area contributed by atoms with E-state index >= 15 is 0 Å². The third-order valence-corrected chi connectivity index (χ3v) is 4.00. The maximum atomic E-state index is 12.7. The summed E-state index contributed by atoms with van der Waals surface area (Å²) in [4.78, 5) is 28.3. The molecule has 0 atom stereocenters. The first-order chi connectivity index (χ1) is 13.1. The number of hydrogen-bond donors (Lipinski definition) is 1. The monoisotopic (exact) mass is 380 g/mol. The van der Waals surface area contributed by atoms with Crippen LogP contribution in [0.5, 0.6) is 0 Å². The molecule has 0 saturated carbocycles. The third kappa shape index (κ3) is 4.71. The molecule has 0 aliphatic rings. The smallest absolute Gasteiger partial charge is 0.330 e. The van der Waals surface area contributed by atoms with E-state index in [0.29, 0.717) is 28.4 Å². The molecule has 0 radical (unpaired) electrons. The zero-order valence-corrected chi connectivity index (χ0v) is 15.4. The molecule has 1 aromatic heterocycles. The van der Waals surface area contributed by atoms with Crippen molar-refractivity contribution in [2.24, 2.45) is 0 Å². The number of esters is 1. The molecule has 0 aliphatic carbocycles. The lowest BCUT2D eigenvalue weighted by Gasteiger charge is -2.08. The summed E-state index contributed by atoms with van der Waals surface area (Å²) >= 11 is 6.12. The number of amides is 1. The van der Waals surface area contributed by atoms with Gasteiger partial charge in [-0.15, -0.1) is 0 Å². The fourth-order valence-electron chi connectivity index (χ4n) is 2.56. The van der Waals surface area contributed by atoms with Crippen LogP contribution in [0, 0.1) is 0 Å². The van der Waals surface area contributed by atoms with Gasteiger partial charge in [0.1, 0.15) is 0 Å². The predicted octanol–water partition coefficient (Wildman–Crippen LogP) is 4.72.